The second-order valence-electron chi connectivity index (χ2n) is 9.82. The Morgan fingerprint density at radius 1 is 0.955 bits per heavy atom. The highest BCUT2D eigenvalue weighted by atomic mass is 35.5. The molecule has 0 N–H and O–H groups in total. The number of allylic oxidation sites excluding steroid dienone is 1. The largest absolute Gasteiger partial charge is 0.490 e. The van der Waals surface area contributed by atoms with E-state index in [-0.39, 0.29) is 12.2 Å². The summed E-state index contributed by atoms with van der Waals surface area (Å²) in [7, 11) is 0. The molecule has 5 rings (SSSR count). The maximum atomic E-state index is 14.0. The van der Waals surface area contributed by atoms with Gasteiger partial charge in [-0.05, 0) is 75.2 Å². The Labute approximate surface area is 264 Å². The van der Waals surface area contributed by atoms with Gasteiger partial charge in [-0.3, -0.25) is 9.36 Å². The van der Waals surface area contributed by atoms with Crippen molar-refractivity contribution in [1.29, 1.82) is 0 Å². The van der Waals surface area contributed by atoms with Gasteiger partial charge in [-0.1, -0.05) is 59.3 Å². The lowest BCUT2D eigenvalue weighted by atomic mass is 9.95. The predicted molar refractivity (Wildman–Crippen MR) is 171 cm³/mol. The van der Waals surface area contributed by atoms with Gasteiger partial charge in [0.25, 0.3) is 5.56 Å². The van der Waals surface area contributed by atoms with Gasteiger partial charge in [-0.15, -0.1) is 0 Å². The minimum Gasteiger partial charge on any atom is -0.490 e. The Balaban J connectivity index is 1.53. The van der Waals surface area contributed by atoms with E-state index in [4.69, 9.17) is 30.5 Å². The molecular formula is C34H33ClN2O6S. The first-order valence-corrected chi connectivity index (χ1v) is 15.6. The molecule has 0 radical (unpaired) electrons. The fourth-order valence-corrected chi connectivity index (χ4v) is 6.17. The summed E-state index contributed by atoms with van der Waals surface area (Å²) in [5.41, 5.74) is 2.93. The van der Waals surface area contributed by atoms with Crippen molar-refractivity contribution in [3.05, 3.63) is 119 Å². The van der Waals surface area contributed by atoms with Crippen LogP contribution in [0.5, 0.6) is 17.2 Å². The summed E-state index contributed by atoms with van der Waals surface area (Å²) in [6.07, 6.45) is 1.81. The van der Waals surface area contributed by atoms with E-state index >= 15 is 0 Å². The van der Waals surface area contributed by atoms with Gasteiger partial charge in [0.15, 0.2) is 16.3 Å². The third kappa shape index (κ3) is 6.59. The van der Waals surface area contributed by atoms with Crippen molar-refractivity contribution in [1.82, 2.24) is 4.57 Å². The van der Waals surface area contributed by atoms with Gasteiger partial charge in [0.1, 0.15) is 12.4 Å². The Morgan fingerprint density at radius 2 is 1.68 bits per heavy atom. The Bertz CT molecular complexity index is 1880. The summed E-state index contributed by atoms with van der Waals surface area (Å²) < 4.78 is 25.0. The second-order valence-corrected chi connectivity index (χ2v) is 11.2. The maximum Gasteiger partial charge on any atom is 0.338 e. The van der Waals surface area contributed by atoms with E-state index in [2.05, 4.69) is 4.99 Å². The lowest BCUT2D eigenvalue weighted by Gasteiger charge is -2.25. The number of carbonyl (C=O) groups is 1. The van der Waals surface area contributed by atoms with Crippen LogP contribution >= 0.6 is 22.9 Å². The molecule has 0 amide bonds. The van der Waals surface area contributed by atoms with E-state index in [9.17, 15) is 9.59 Å². The summed E-state index contributed by atoms with van der Waals surface area (Å²) >= 11 is 7.51. The minimum atomic E-state index is -0.761. The molecule has 2 heterocycles. The SMILES string of the molecule is CCOC(=O)C1=C(C)N=c2s/c(=C\c3ccc(OCc4ccccc4Cl)cc3)c(=O)n2[C@H]1c1ccc(OCC)c(OCC)c1. The molecule has 1 aliphatic heterocycles. The van der Waals surface area contributed by atoms with Crippen LogP contribution in [-0.4, -0.2) is 30.4 Å². The molecule has 0 bridgehead atoms. The second kappa shape index (κ2) is 14.0. The van der Waals surface area contributed by atoms with Crippen LogP contribution in [0.3, 0.4) is 0 Å². The average Bonchev–Trinajstić information content (AvgIpc) is 3.31. The van der Waals surface area contributed by atoms with Crippen LogP contribution in [0.25, 0.3) is 6.08 Å². The van der Waals surface area contributed by atoms with Crippen molar-refractivity contribution in [3.8, 4) is 17.2 Å². The summed E-state index contributed by atoms with van der Waals surface area (Å²) in [5.74, 6) is 1.28. The van der Waals surface area contributed by atoms with E-state index in [0.717, 1.165) is 11.1 Å². The van der Waals surface area contributed by atoms with Gasteiger partial charge in [0.2, 0.25) is 0 Å². The summed E-state index contributed by atoms with van der Waals surface area (Å²) in [5, 5.41) is 0.651. The van der Waals surface area contributed by atoms with Gasteiger partial charge in [0, 0.05) is 10.6 Å². The zero-order chi connectivity index (χ0) is 31.2. The first-order chi connectivity index (χ1) is 21.3. The lowest BCUT2D eigenvalue weighted by molar-refractivity contribution is -0.139. The summed E-state index contributed by atoms with van der Waals surface area (Å²) in [6, 6.07) is 19.7. The van der Waals surface area contributed by atoms with Crippen molar-refractivity contribution in [2.24, 2.45) is 4.99 Å². The van der Waals surface area contributed by atoms with Crippen LogP contribution in [0.4, 0.5) is 0 Å². The van der Waals surface area contributed by atoms with Crippen molar-refractivity contribution in [2.45, 2.75) is 40.3 Å². The number of aromatic nitrogens is 1. The van der Waals surface area contributed by atoms with Crippen molar-refractivity contribution in [2.75, 3.05) is 19.8 Å². The Morgan fingerprint density at radius 3 is 2.39 bits per heavy atom. The monoisotopic (exact) mass is 632 g/mol. The van der Waals surface area contributed by atoms with Gasteiger partial charge in [-0.25, -0.2) is 9.79 Å². The number of hydrogen-bond acceptors (Lipinski definition) is 8. The molecule has 4 aromatic rings. The molecule has 10 heteroatoms. The normalized spacial score (nSPS) is 14.6. The van der Waals surface area contributed by atoms with E-state index in [1.54, 1.807) is 24.5 Å². The number of esters is 1. The third-order valence-corrected chi connectivity index (χ3v) is 8.28. The molecule has 0 fully saturated rings. The van der Waals surface area contributed by atoms with Gasteiger partial charge >= 0.3 is 5.97 Å². The minimum absolute atomic E-state index is 0.193. The van der Waals surface area contributed by atoms with Gasteiger partial charge in [-0.2, -0.15) is 0 Å². The highest BCUT2D eigenvalue weighted by Crippen LogP contribution is 2.36. The van der Waals surface area contributed by atoms with Crippen LogP contribution in [0.2, 0.25) is 5.02 Å². The number of carbonyl (C=O) groups excluding carboxylic acids is 1. The van der Waals surface area contributed by atoms with Crippen LogP contribution < -0.4 is 29.1 Å². The average molecular weight is 633 g/mol. The van der Waals surface area contributed by atoms with E-state index in [1.807, 2.05) is 80.6 Å². The van der Waals surface area contributed by atoms with Crippen LogP contribution in [0.15, 0.2) is 87.8 Å². The predicted octanol–water partition coefficient (Wildman–Crippen LogP) is 5.83. The highest BCUT2D eigenvalue weighted by Gasteiger charge is 2.34. The number of rotatable bonds is 11. The molecule has 0 unspecified atom stereocenters. The van der Waals surface area contributed by atoms with Crippen LogP contribution in [0, 0.1) is 0 Å². The number of nitrogens with zero attached hydrogens (tertiary/aromatic N) is 2. The molecule has 0 saturated carbocycles. The van der Waals surface area contributed by atoms with Gasteiger partial charge in [0.05, 0.1) is 41.7 Å². The van der Waals surface area contributed by atoms with Crippen LogP contribution in [-0.2, 0) is 16.1 Å². The van der Waals surface area contributed by atoms with Crippen molar-refractivity contribution >= 4 is 35.0 Å². The molecule has 228 valence electrons. The summed E-state index contributed by atoms with van der Waals surface area (Å²) in [6.45, 7) is 8.72. The zero-order valence-electron chi connectivity index (χ0n) is 25.0. The quantitative estimate of drug-likeness (QED) is 0.193. The highest BCUT2D eigenvalue weighted by molar-refractivity contribution is 7.07. The maximum absolute atomic E-state index is 14.0. The number of ether oxygens (including phenoxy) is 4. The smallest absolute Gasteiger partial charge is 0.338 e. The van der Waals surface area contributed by atoms with E-state index < -0.39 is 12.0 Å². The van der Waals surface area contributed by atoms with Gasteiger partial charge < -0.3 is 18.9 Å². The number of thiazole rings is 1. The van der Waals surface area contributed by atoms with E-state index in [0.29, 0.717) is 68.3 Å². The number of fused-ring (bicyclic) bond motifs is 1. The van der Waals surface area contributed by atoms with Crippen molar-refractivity contribution < 1.29 is 23.7 Å². The fourth-order valence-electron chi connectivity index (χ4n) is 4.93. The summed E-state index contributed by atoms with van der Waals surface area (Å²) in [4.78, 5) is 32.4. The van der Waals surface area contributed by atoms with Crippen LogP contribution in [0.1, 0.15) is 50.4 Å². The third-order valence-electron chi connectivity index (χ3n) is 6.93. The molecular weight excluding hydrogens is 600 g/mol. The van der Waals surface area contributed by atoms with Crippen molar-refractivity contribution in [3.63, 3.8) is 0 Å². The van der Waals surface area contributed by atoms with E-state index in [1.165, 1.54) is 11.3 Å². The topological polar surface area (TPSA) is 88.4 Å². The first kappa shape index (κ1) is 31.1. The number of halogens is 1. The Kier molecular flexibility index (Phi) is 9.87. The number of hydrogen-bond donors (Lipinski definition) is 0. The first-order valence-electron chi connectivity index (χ1n) is 14.4. The number of benzene rings is 3. The molecule has 8 nitrogen and oxygen atoms in total. The zero-order valence-corrected chi connectivity index (χ0v) is 26.5. The Hall–Kier alpha value is -4.34. The molecule has 0 saturated heterocycles. The molecule has 0 spiro atoms. The standard InChI is InChI=1S/C34H33ClN2O6S/c1-5-40-27-17-14-23(19-28(27)41-6-2)31-30(33(39)42-7-3)21(4)36-34-37(31)32(38)29(44-34)18-22-12-15-25(16-13-22)43-20-24-10-8-9-11-26(24)35/h8-19,31H,5-7,20H2,1-4H3/b29-18-/t31-/m0/s1. The lowest BCUT2D eigenvalue weighted by Crippen LogP contribution is -2.40. The molecule has 44 heavy (non-hydrogen) atoms. The molecule has 1 atom stereocenters. The molecule has 1 aliphatic rings. The molecule has 1 aromatic heterocycles. The fraction of sp³-hybridized carbons (Fsp3) is 0.265. The molecule has 0 aliphatic carbocycles. The molecule has 3 aromatic carbocycles.